The van der Waals surface area contributed by atoms with Crippen LogP contribution in [0.25, 0.3) is 11.8 Å². The van der Waals surface area contributed by atoms with Gasteiger partial charge in [-0.05, 0) is 48.0 Å². The standard InChI is InChI=1S/C31H30O13/c1-40-23-10-16(5-8-20(23)34)30-24(13-19-21(35)11-18(33)12-22(19)42-30)43-31-29(39)28(38)27(37)25(44-31)14-41-26(36)9-4-15-2-6-17(32)7-3-15/h2-13,22,25,27-29,31-35,37-39H,14H2,1H3. The molecule has 3 aliphatic rings. The summed E-state index contributed by atoms with van der Waals surface area (Å²) in [5.41, 5.74) is 1.15. The molecule has 232 valence electrons. The highest BCUT2D eigenvalue weighted by molar-refractivity contribution is 5.87. The highest BCUT2D eigenvalue weighted by Crippen LogP contribution is 2.39. The Balaban J connectivity index is 1.38. The number of allylic oxidation sites excluding steroid dienone is 2. The van der Waals surface area contributed by atoms with Crippen molar-refractivity contribution in [2.24, 2.45) is 0 Å². The number of aliphatic hydroxyl groups is 5. The lowest BCUT2D eigenvalue weighted by atomic mass is 9.96. The molecule has 2 aromatic carbocycles. The number of esters is 1. The van der Waals surface area contributed by atoms with Gasteiger partial charge in [-0.2, -0.15) is 0 Å². The van der Waals surface area contributed by atoms with Gasteiger partial charge in [-0.15, -0.1) is 0 Å². The summed E-state index contributed by atoms with van der Waals surface area (Å²) >= 11 is 0. The molecule has 1 fully saturated rings. The summed E-state index contributed by atoms with van der Waals surface area (Å²) in [6.07, 6.45) is -2.68. The van der Waals surface area contributed by atoms with E-state index < -0.39 is 49.4 Å². The predicted molar refractivity (Wildman–Crippen MR) is 152 cm³/mol. The van der Waals surface area contributed by atoms with Gasteiger partial charge in [-0.3, -0.25) is 0 Å². The Morgan fingerprint density at radius 3 is 2.43 bits per heavy atom. The zero-order chi connectivity index (χ0) is 31.5. The molecule has 1 aliphatic carbocycles. The number of rotatable bonds is 8. The number of aromatic hydroxyl groups is 2. The van der Waals surface area contributed by atoms with E-state index in [1.807, 2.05) is 0 Å². The maximum atomic E-state index is 12.3. The van der Waals surface area contributed by atoms with Crippen molar-refractivity contribution in [3.05, 3.63) is 101 Å². The highest BCUT2D eigenvalue weighted by atomic mass is 16.7. The molecule has 13 nitrogen and oxygen atoms in total. The minimum atomic E-state index is -1.77. The molecule has 6 unspecified atom stereocenters. The third-order valence-corrected chi connectivity index (χ3v) is 7.01. The molecule has 44 heavy (non-hydrogen) atoms. The second-order valence-electron chi connectivity index (χ2n) is 10.0. The van der Waals surface area contributed by atoms with Crippen LogP contribution >= 0.6 is 0 Å². The normalized spacial score (nSPS) is 26.6. The number of phenolic OH excluding ortho intramolecular Hbond substituents is 2. The summed E-state index contributed by atoms with van der Waals surface area (Å²) in [5.74, 6) is -1.37. The van der Waals surface area contributed by atoms with Crippen LogP contribution in [-0.4, -0.2) is 92.2 Å². The van der Waals surface area contributed by atoms with Crippen molar-refractivity contribution in [3.8, 4) is 17.2 Å². The molecule has 1 saturated heterocycles. The molecule has 0 spiro atoms. The lowest BCUT2D eigenvalue weighted by Crippen LogP contribution is -2.59. The summed E-state index contributed by atoms with van der Waals surface area (Å²) in [5, 5.41) is 71.7. The summed E-state index contributed by atoms with van der Waals surface area (Å²) in [7, 11) is 1.35. The molecule has 2 aromatic rings. The number of fused-ring (bicyclic) bond motifs is 1. The molecule has 0 amide bonds. The maximum Gasteiger partial charge on any atom is 0.330 e. The lowest BCUT2D eigenvalue weighted by Gasteiger charge is -2.40. The van der Waals surface area contributed by atoms with Gasteiger partial charge < -0.3 is 59.4 Å². The van der Waals surface area contributed by atoms with Gasteiger partial charge >= 0.3 is 5.97 Å². The quantitative estimate of drug-likeness (QED) is 0.169. The topological polar surface area (TPSA) is 205 Å². The molecule has 0 radical (unpaired) electrons. The molecule has 0 bridgehead atoms. The van der Waals surface area contributed by atoms with E-state index in [2.05, 4.69) is 0 Å². The van der Waals surface area contributed by atoms with Crippen molar-refractivity contribution in [3.63, 3.8) is 0 Å². The molecule has 0 aromatic heterocycles. The van der Waals surface area contributed by atoms with Crippen molar-refractivity contribution in [1.82, 2.24) is 0 Å². The molecule has 7 N–H and O–H groups in total. The molecule has 13 heteroatoms. The Kier molecular flexibility index (Phi) is 8.83. The number of methoxy groups -OCH3 is 1. The zero-order valence-corrected chi connectivity index (χ0v) is 23.2. The van der Waals surface area contributed by atoms with Crippen molar-refractivity contribution >= 4 is 17.8 Å². The first-order valence-corrected chi connectivity index (χ1v) is 13.4. The van der Waals surface area contributed by atoms with E-state index >= 15 is 0 Å². The van der Waals surface area contributed by atoms with Crippen molar-refractivity contribution < 1.29 is 64.2 Å². The van der Waals surface area contributed by atoms with Gasteiger partial charge in [0.1, 0.15) is 54.4 Å². The number of aliphatic hydroxyl groups excluding tert-OH is 5. The Morgan fingerprint density at radius 1 is 0.955 bits per heavy atom. The molecular formula is C31H30O13. The van der Waals surface area contributed by atoms with Gasteiger partial charge in [0.05, 0.1) is 7.11 Å². The first kappa shape index (κ1) is 30.5. The third kappa shape index (κ3) is 6.50. The monoisotopic (exact) mass is 610 g/mol. The van der Waals surface area contributed by atoms with E-state index in [1.165, 1.54) is 55.7 Å². The summed E-state index contributed by atoms with van der Waals surface area (Å²) < 4.78 is 28.1. The van der Waals surface area contributed by atoms with Crippen LogP contribution in [0.5, 0.6) is 17.2 Å². The molecule has 0 saturated carbocycles. The largest absolute Gasteiger partial charge is 0.508 e. The Hall–Kier alpha value is -4.95. The van der Waals surface area contributed by atoms with Crippen molar-refractivity contribution in [2.45, 2.75) is 36.8 Å². The molecule has 5 rings (SSSR count). The van der Waals surface area contributed by atoms with Crippen molar-refractivity contribution in [2.75, 3.05) is 13.7 Å². The number of carbonyl (C=O) groups is 1. The van der Waals surface area contributed by atoms with Gasteiger partial charge in [0.2, 0.25) is 6.29 Å². The molecule has 2 heterocycles. The first-order chi connectivity index (χ1) is 21.0. The minimum Gasteiger partial charge on any atom is -0.508 e. The van der Waals surface area contributed by atoms with Crippen LogP contribution in [0.3, 0.4) is 0 Å². The summed E-state index contributed by atoms with van der Waals surface area (Å²) in [6.45, 7) is -0.516. The van der Waals surface area contributed by atoms with Gasteiger partial charge in [0, 0.05) is 29.4 Å². The Labute approximate surface area is 250 Å². The number of phenols is 2. The van der Waals surface area contributed by atoms with E-state index in [0.29, 0.717) is 11.1 Å². The average Bonchev–Trinajstić information content (AvgIpc) is 3.00. The van der Waals surface area contributed by atoms with E-state index in [4.69, 9.17) is 23.7 Å². The number of carbonyl (C=O) groups excluding carboxylic acids is 1. The van der Waals surface area contributed by atoms with E-state index in [0.717, 1.165) is 12.2 Å². The van der Waals surface area contributed by atoms with E-state index in [1.54, 1.807) is 12.1 Å². The molecule has 6 atom stereocenters. The molecular weight excluding hydrogens is 580 g/mol. The van der Waals surface area contributed by atoms with E-state index in [-0.39, 0.29) is 45.9 Å². The number of ether oxygens (including phenoxy) is 5. The Bertz CT molecular complexity index is 1550. The smallest absolute Gasteiger partial charge is 0.330 e. The number of hydrogen-bond donors (Lipinski definition) is 7. The van der Waals surface area contributed by atoms with Crippen LogP contribution in [-0.2, 0) is 23.7 Å². The van der Waals surface area contributed by atoms with Gasteiger partial charge in [0.25, 0.3) is 0 Å². The van der Waals surface area contributed by atoms with Crippen LogP contribution in [0, 0.1) is 0 Å². The number of benzene rings is 2. The number of hydrogen-bond acceptors (Lipinski definition) is 13. The van der Waals surface area contributed by atoms with Gasteiger partial charge in [0.15, 0.2) is 23.0 Å². The zero-order valence-electron chi connectivity index (χ0n) is 23.2. The predicted octanol–water partition coefficient (Wildman–Crippen LogP) is 2.08. The average molecular weight is 611 g/mol. The van der Waals surface area contributed by atoms with Crippen LogP contribution in [0.15, 0.2) is 89.6 Å². The lowest BCUT2D eigenvalue weighted by molar-refractivity contribution is -0.291. The van der Waals surface area contributed by atoms with E-state index in [9.17, 15) is 40.5 Å². The SMILES string of the molecule is COc1cc(C2=C(OC3OC(COC(=O)C=Cc4ccc(O)cc4)C(O)C(O)C3O)C=C3C(O)=CC(O)=CC3O2)ccc1O. The summed E-state index contributed by atoms with van der Waals surface area (Å²) in [4.78, 5) is 12.3. The van der Waals surface area contributed by atoms with Crippen LogP contribution in [0.1, 0.15) is 11.1 Å². The fourth-order valence-electron chi connectivity index (χ4n) is 4.66. The van der Waals surface area contributed by atoms with Gasteiger partial charge in [-0.25, -0.2) is 4.79 Å². The third-order valence-electron chi connectivity index (χ3n) is 7.01. The van der Waals surface area contributed by atoms with Crippen LogP contribution in [0.2, 0.25) is 0 Å². The Morgan fingerprint density at radius 2 is 1.70 bits per heavy atom. The van der Waals surface area contributed by atoms with Gasteiger partial charge in [-0.1, -0.05) is 12.1 Å². The second kappa shape index (κ2) is 12.7. The fourth-order valence-corrected chi connectivity index (χ4v) is 4.66. The maximum absolute atomic E-state index is 12.3. The first-order valence-electron chi connectivity index (χ1n) is 13.4. The van der Waals surface area contributed by atoms with Crippen LogP contribution in [0.4, 0.5) is 0 Å². The van der Waals surface area contributed by atoms with Crippen molar-refractivity contribution in [1.29, 1.82) is 0 Å². The second-order valence-corrected chi connectivity index (χ2v) is 10.0. The molecule has 2 aliphatic heterocycles. The van der Waals surface area contributed by atoms with Crippen LogP contribution < -0.4 is 4.74 Å². The highest BCUT2D eigenvalue weighted by Gasteiger charge is 2.46. The fraction of sp³-hybridized carbons (Fsp3) is 0.258. The minimum absolute atomic E-state index is 0.0366. The summed E-state index contributed by atoms with van der Waals surface area (Å²) in [6, 6.07) is 10.3.